The largest absolute Gasteiger partial charge is 0.496 e. The third-order valence-corrected chi connectivity index (χ3v) is 4.54. The summed E-state index contributed by atoms with van der Waals surface area (Å²) in [5, 5.41) is 0. The van der Waals surface area contributed by atoms with E-state index in [1.165, 1.54) is 19.4 Å². The fourth-order valence-electron chi connectivity index (χ4n) is 3.36. The Morgan fingerprint density at radius 3 is 3.15 bits per heavy atom. The summed E-state index contributed by atoms with van der Waals surface area (Å²) in [7, 11) is 1.70. The Balaban J connectivity index is 1.62. The summed E-state index contributed by atoms with van der Waals surface area (Å²) in [5.74, 6) is 0.915. The van der Waals surface area contributed by atoms with Crippen molar-refractivity contribution in [3.63, 3.8) is 0 Å². The second kappa shape index (κ2) is 6.12. The van der Waals surface area contributed by atoms with Crippen LogP contribution in [0.1, 0.15) is 18.4 Å². The van der Waals surface area contributed by atoms with E-state index in [1.807, 2.05) is 18.2 Å². The molecule has 2 saturated heterocycles. The van der Waals surface area contributed by atoms with Gasteiger partial charge in [0.15, 0.2) is 0 Å². The number of nitrogens with two attached hydrogens (primary N) is 1. The van der Waals surface area contributed by atoms with E-state index in [0.717, 1.165) is 30.9 Å². The highest BCUT2D eigenvalue weighted by Crippen LogP contribution is 2.25. The van der Waals surface area contributed by atoms with E-state index in [0.29, 0.717) is 6.04 Å². The van der Waals surface area contributed by atoms with Gasteiger partial charge in [-0.15, -0.1) is 0 Å². The van der Waals surface area contributed by atoms with Crippen LogP contribution in [0.5, 0.6) is 5.75 Å². The molecule has 0 aliphatic carbocycles. The maximum absolute atomic E-state index is 6.38. The summed E-state index contributed by atoms with van der Waals surface area (Å²) in [6.45, 7) is 3.01. The average Bonchev–Trinajstić information content (AvgIpc) is 2.95. The van der Waals surface area contributed by atoms with Crippen LogP contribution in [0.4, 0.5) is 0 Å². The van der Waals surface area contributed by atoms with Crippen LogP contribution in [-0.2, 0) is 11.2 Å². The normalized spacial score (nSPS) is 28.1. The van der Waals surface area contributed by atoms with E-state index < -0.39 is 0 Å². The maximum atomic E-state index is 6.38. The summed E-state index contributed by atoms with van der Waals surface area (Å²) in [6, 6.07) is 8.74. The molecule has 2 N–H and O–H groups in total. The van der Waals surface area contributed by atoms with E-state index in [4.69, 9.17) is 15.2 Å². The minimum Gasteiger partial charge on any atom is -0.496 e. The molecule has 2 fully saturated rings. The van der Waals surface area contributed by atoms with E-state index in [9.17, 15) is 0 Å². The second-order valence-electron chi connectivity index (χ2n) is 5.84. The zero-order chi connectivity index (χ0) is 13.9. The van der Waals surface area contributed by atoms with Gasteiger partial charge in [-0.2, -0.15) is 0 Å². The lowest BCUT2D eigenvalue weighted by Gasteiger charge is -2.37. The summed E-state index contributed by atoms with van der Waals surface area (Å²) < 4.78 is 11.4. The van der Waals surface area contributed by atoms with Crippen molar-refractivity contribution in [2.75, 3.05) is 26.8 Å². The van der Waals surface area contributed by atoms with Gasteiger partial charge in [0.25, 0.3) is 0 Å². The molecule has 0 amide bonds. The number of hydrogen-bond donors (Lipinski definition) is 1. The number of fused-ring (bicyclic) bond motifs is 1. The van der Waals surface area contributed by atoms with Crippen molar-refractivity contribution in [2.45, 2.75) is 37.5 Å². The Bertz CT molecular complexity index is 452. The van der Waals surface area contributed by atoms with Gasteiger partial charge in [-0.25, -0.2) is 0 Å². The second-order valence-corrected chi connectivity index (χ2v) is 5.84. The van der Waals surface area contributed by atoms with Crippen molar-refractivity contribution in [3.05, 3.63) is 29.8 Å². The molecule has 3 atom stereocenters. The first kappa shape index (κ1) is 13.9. The molecular weight excluding hydrogens is 252 g/mol. The van der Waals surface area contributed by atoms with Gasteiger partial charge in [0.2, 0.25) is 0 Å². The van der Waals surface area contributed by atoms with Gasteiger partial charge < -0.3 is 15.2 Å². The number of rotatable bonds is 4. The third kappa shape index (κ3) is 2.82. The predicted octanol–water partition coefficient (Wildman–Crippen LogP) is 1.43. The zero-order valence-corrected chi connectivity index (χ0v) is 12.1. The van der Waals surface area contributed by atoms with Crippen LogP contribution in [-0.4, -0.2) is 49.9 Å². The molecular formula is C16H24N2O2. The molecule has 2 aliphatic heterocycles. The first-order chi connectivity index (χ1) is 9.78. The van der Waals surface area contributed by atoms with Gasteiger partial charge in [-0.1, -0.05) is 18.2 Å². The van der Waals surface area contributed by atoms with Crippen LogP contribution in [0, 0.1) is 0 Å². The molecule has 0 radical (unpaired) electrons. The van der Waals surface area contributed by atoms with Gasteiger partial charge in [0.1, 0.15) is 5.75 Å². The van der Waals surface area contributed by atoms with E-state index in [2.05, 4.69) is 11.0 Å². The molecule has 3 rings (SSSR count). The van der Waals surface area contributed by atoms with Crippen LogP contribution in [0.3, 0.4) is 0 Å². The molecule has 3 unspecified atom stereocenters. The average molecular weight is 276 g/mol. The van der Waals surface area contributed by atoms with Gasteiger partial charge in [-0.05, 0) is 37.4 Å². The molecule has 110 valence electrons. The molecule has 0 spiro atoms. The highest BCUT2D eigenvalue weighted by Gasteiger charge is 2.34. The summed E-state index contributed by atoms with van der Waals surface area (Å²) in [5.41, 5.74) is 7.54. The van der Waals surface area contributed by atoms with Crippen molar-refractivity contribution in [3.8, 4) is 5.75 Å². The lowest BCUT2D eigenvalue weighted by atomic mass is 9.99. The topological polar surface area (TPSA) is 47.7 Å². The monoisotopic (exact) mass is 276 g/mol. The Morgan fingerprint density at radius 1 is 1.45 bits per heavy atom. The van der Waals surface area contributed by atoms with E-state index in [-0.39, 0.29) is 12.1 Å². The van der Waals surface area contributed by atoms with E-state index in [1.54, 1.807) is 7.11 Å². The molecule has 0 saturated carbocycles. The SMILES string of the molecule is COc1ccccc1CC(N)C1CN2CCCC2CO1. The first-order valence-corrected chi connectivity index (χ1v) is 7.51. The molecule has 1 aromatic rings. The van der Waals surface area contributed by atoms with Crippen LogP contribution in [0.25, 0.3) is 0 Å². The predicted molar refractivity (Wildman–Crippen MR) is 79.0 cm³/mol. The Morgan fingerprint density at radius 2 is 2.30 bits per heavy atom. The molecule has 0 bridgehead atoms. The quantitative estimate of drug-likeness (QED) is 0.904. The summed E-state index contributed by atoms with van der Waals surface area (Å²) in [4.78, 5) is 2.54. The summed E-state index contributed by atoms with van der Waals surface area (Å²) in [6.07, 6.45) is 3.50. The minimum absolute atomic E-state index is 0.0212. The smallest absolute Gasteiger partial charge is 0.122 e. The lowest BCUT2D eigenvalue weighted by Crippen LogP contribution is -2.53. The molecule has 0 aromatic heterocycles. The number of benzene rings is 1. The van der Waals surface area contributed by atoms with E-state index >= 15 is 0 Å². The molecule has 2 aliphatic rings. The minimum atomic E-state index is 0.0212. The standard InChI is InChI=1S/C16H24N2O2/c1-19-15-7-3-2-5-12(15)9-14(17)16-10-18-8-4-6-13(18)11-20-16/h2-3,5,7,13-14,16H,4,6,8-11,17H2,1H3. The number of ether oxygens (including phenoxy) is 2. The van der Waals surface area contributed by atoms with Crippen molar-refractivity contribution >= 4 is 0 Å². The fraction of sp³-hybridized carbons (Fsp3) is 0.625. The lowest BCUT2D eigenvalue weighted by molar-refractivity contribution is -0.0589. The highest BCUT2D eigenvalue weighted by atomic mass is 16.5. The molecule has 2 heterocycles. The molecule has 20 heavy (non-hydrogen) atoms. The van der Waals surface area contributed by atoms with Crippen molar-refractivity contribution < 1.29 is 9.47 Å². The fourth-order valence-corrected chi connectivity index (χ4v) is 3.36. The number of hydrogen-bond acceptors (Lipinski definition) is 4. The summed E-state index contributed by atoms with van der Waals surface area (Å²) >= 11 is 0. The van der Waals surface area contributed by atoms with Crippen LogP contribution in [0.15, 0.2) is 24.3 Å². The van der Waals surface area contributed by atoms with Crippen LogP contribution in [0.2, 0.25) is 0 Å². The zero-order valence-electron chi connectivity index (χ0n) is 12.1. The van der Waals surface area contributed by atoms with Gasteiger partial charge >= 0.3 is 0 Å². The number of para-hydroxylation sites is 1. The van der Waals surface area contributed by atoms with Crippen LogP contribution >= 0.6 is 0 Å². The Kier molecular flexibility index (Phi) is 4.24. The Labute approximate surface area is 120 Å². The van der Waals surface area contributed by atoms with Gasteiger partial charge in [0.05, 0.1) is 19.8 Å². The van der Waals surface area contributed by atoms with Crippen molar-refractivity contribution in [1.82, 2.24) is 4.90 Å². The number of methoxy groups -OCH3 is 1. The molecule has 1 aromatic carbocycles. The van der Waals surface area contributed by atoms with Gasteiger partial charge in [0, 0.05) is 18.6 Å². The highest BCUT2D eigenvalue weighted by molar-refractivity contribution is 5.34. The van der Waals surface area contributed by atoms with Crippen molar-refractivity contribution in [2.24, 2.45) is 5.73 Å². The van der Waals surface area contributed by atoms with Crippen LogP contribution < -0.4 is 10.5 Å². The third-order valence-electron chi connectivity index (χ3n) is 4.54. The molecule has 4 nitrogen and oxygen atoms in total. The Hall–Kier alpha value is -1.10. The molecule has 4 heteroatoms. The van der Waals surface area contributed by atoms with Crippen molar-refractivity contribution in [1.29, 1.82) is 0 Å². The number of morpholine rings is 1. The number of nitrogens with zero attached hydrogens (tertiary/aromatic N) is 1. The first-order valence-electron chi connectivity index (χ1n) is 7.51. The maximum Gasteiger partial charge on any atom is 0.122 e. The van der Waals surface area contributed by atoms with Gasteiger partial charge in [-0.3, -0.25) is 4.90 Å².